The fourth-order valence-corrected chi connectivity index (χ4v) is 2.81. The quantitative estimate of drug-likeness (QED) is 0.612. The summed E-state index contributed by atoms with van der Waals surface area (Å²) in [5, 5.41) is 4.03. The Kier molecular flexibility index (Phi) is 7.46. The summed E-state index contributed by atoms with van der Waals surface area (Å²) in [6, 6.07) is 14.9. The fourth-order valence-electron chi connectivity index (χ4n) is 2.81. The molecule has 0 spiro atoms. The van der Waals surface area contributed by atoms with E-state index in [-0.39, 0.29) is 49.1 Å². The Balaban J connectivity index is 0.00000300. The highest BCUT2D eigenvalue weighted by Crippen LogP contribution is 2.22. The van der Waals surface area contributed by atoms with Gasteiger partial charge in [0.05, 0.1) is 25.0 Å². The Morgan fingerprint density at radius 3 is 2.48 bits per heavy atom. The van der Waals surface area contributed by atoms with Crippen LogP contribution in [0.2, 0.25) is 0 Å². The van der Waals surface area contributed by atoms with Crippen molar-refractivity contribution in [3.05, 3.63) is 82.8 Å². The first-order chi connectivity index (χ1) is 13.5. The van der Waals surface area contributed by atoms with E-state index in [1.807, 2.05) is 42.5 Å². The van der Waals surface area contributed by atoms with Gasteiger partial charge in [-0.15, -0.1) is 12.4 Å². The summed E-state index contributed by atoms with van der Waals surface area (Å²) in [5.74, 6) is -0.383. The molecule has 0 bridgehead atoms. The van der Waals surface area contributed by atoms with E-state index in [0.29, 0.717) is 12.0 Å². The number of carbonyl (C=O) groups is 1. The number of aromatic nitrogens is 3. The van der Waals surface area contributed by atoms with Crippen LogP contribution >= 0.6 is 12.4 Å². The van der Waals surface area contributed by atoms with Crippen LogP contribution in [0.25, 0.3) is 16.8 Å². The van der Waals surface area contributed by atoms with Gasteiger partial charge in [-0.1, -0.05) is 36.4 Å². The Morgan fingerprint density at radius 2 is 1.86 bits per heavy atom. The maximum Gasteiger partial charge on any atom is 0.350 e. The van der Waals surface area contributed by atoms with Gasteiger partial charge in [-0.3, -0.25) is 4.79 Å². The van der Waals surface area contributed by atoms with Crippen LogP contribution in [0.3, 0.4) is 0 Å². The number of rotatable bonds is 7. The molecule has 0 aliphatic rings. The smallest absolute Gasteiger partial charge is 0.350 e. The predicted molar refractivity (Wildman–Crippen MR) is 112 cm³/mol. The molecule has 0 fully saturated rings. The standard InChI is InChI=1S/C20H20FN5O2.ClH/c21-10-15(11-22)12-26-20(28)25(13-24-26)18-3-1-2-17(9-18)16-6-4-14(5-7-16)8-19(23)27;/h1-7,9-10,13H,8,11-12,22H2,(H2,23,27);1H/b15-10+;. The normalized spacial score (nSPS) is 11.2. The molecule has 3 rings (SSSR count). The minimum atomic E-state index is -0.387. The van der Waals surface area contributed by atoms with E-state index in [4.69, 9.17) is 11.5 Å². The third kappa shape index (κ3) is 5.18. The SMILES string of the molecule is Cl.NC/C(=C\F)Cn1ncn(-c2cccc(-c3ccc(CC(N)=O)cc3)c2)c1=O. The van der Waals surface area contributed by atoms with E-state index in [0.717, 1.165) is 21.4 Å². The molecule has 29 heavy (non-hydrogen) atoms. The molecule has 2 aromatic carbocycles. The zero-order chi connectivity index (χ0) is 20.1. The van der Waals surface area contributed by atoms with E-state index in [1.54, 1.807) is 6.07 Å². The van der Waals surface area contributed by atoms with E-state index in [2.05, 4.69) is 5.10 Å². The van der Waals surface area contributed by atoms with Gasteiger partial charge in [-0.2, -0.15) is 5.10 Å². The molecule has 1 amide bonds. The van der Waals surface area contributed by atoms with E-state index in [9.17, 15) is 14.0 Å². The van der Waals surface area contributed by atoms with Crippen LogP contribution in [-0.4, -0.2) is 26.8 Å². The summed E-state index contributed by atoms with van der Waals surface area (Å²) in [7, 11) is 0. The maximum atomic E-state index is 12.7. The summed E-state index contributed by atoms with van der Waals surface area (Å²) in [5.41, 5.74) is 13.8. The number of halogens is 2. The van der Waals surface area contributed by atoms with Crippen molar-refractivity contribution in [2.75, 3.05) is 6.54 Å². The zero-order valence-electron chi connectivity index (χ0n) is 15.5. The number of hydrogen-bond acceptors (Lipinski definition) is 4. The van der Waals surface area contributed by atoms with Crippen LogP contribution < -0.4 is 17.2 Å². The molecule has 0 radical (unpaired) electrons. The Morgan fingerprint density at radius 1 is 1.14 bits per heavy atom. The summed E-state index contributed by atoms with van der Waals surface area (Å²) in [6.07, 6.45) is 1.98. The van der Waals surface area contributed by atoms with Gasteiger partial charge in [0.25, 0.3) is 0 Å². The van der Waals surface area contributed by atoms with Gasteiger partial charge >= 0.3 is 5.69 Å². The number of benzene rings is 2. The summed E-state index contributed by atoms with van der Waals surface area (Å²) in [6.45, 7) is 0.0108. The summed E-state index contributed by atoms with van der Waals surface area (Å²) < 4.78 is 15.3. The third-order valence-electron chi connectivity index (χ3n) is 4.29. The van der Waals surface area contributed by atoms with Crippen molar-refractivity contribution in [3.8, 4) is 16.8 Å². The lowest BCUT2D eigenvalue weighted by atomic mass is 10.0. The molecule has 7 nitrogen and oxygen atoms in total. The van der Waals surface area contributed by atoms with Gasteiger partial charge in [-0.25, -0.2) is 18.4 Å². The van der Waals surface area contributed by atoms with Crippen molar-refractivity contribution in [1.82, 2.24) is 14.3 Å². The lowest BCUT2D eigenvalue weighted by Crippen LogP contribution is -2.25. The average Bonchev–Trinajstić information content (AvgIpc) is 3.06. The van der Waals surface area contributed by atoms with Gasteiger partial charge < -0.3 is 11.5 Å². The first-order valence-corrected chi connectivity index (χ1v) is 8.62. The monoisotopic (exact) mass is 417 g/mol. The third-order valence-corrected chi connectivity index (χ3v) is 4.29. The number of nitrogens with two attached hydrogens (primary N) is 2. The van der Waals surface area contributed by atoms with Crippen LogP contribution in [0.4, 0.5) is 4.39 Å². The van der Waals surface area contributed by atoms with Crippen molar-refractivity contribution in [2.45, 2.75) is 13.0 Å². The highest BCUT2D eigenvalue weighted by Gasteiger charge is 2.10. The average molecular weight is 418 g/mol. The van der Waals surface area contributed by atoms with Crippen molar-refractivity contribution in [3.63, 3.8) is 0 Å². The molecular formula is C20H21ClFN5O2. The highest BCUT2D eigenvalue weighted by atomic mass is 35.5. The van der Waals surface area contributed by atoms with Gasteiger partial charge in [0, 0.05) is 6.54 Å². The molecular weight excluding hydrogens is 397 g/mol. The number of primary amides is 1. The maximum absolute atomic E-state index is 12.7. The van der Waals surface area contributed by atoms with Gasteiger partial charge in [-0.05, 0) is 34.4 Å². The minimum Gasteiger partial charge on any atom is -0.369 e. The van der Waals surface area contributed by atoms with Crippen molar-refractivity contribution in [1.29, 1.82) is 0 Å². The molecule has 0 saturated carbocycles. The largest absolute Gasteiger partial charge is 0.369 e. The predicted octanol–water partition coefficient (Wildman–Crippen LogP) is 1.96. The molecule has 0 atom stereocenters. The molecule has 0 saturated heterocycles. The van der Waals surface area contributed by atoms with Crippen LogP contribution in [0.1, 0.15) is 5.56 Å². The van der Waals surface area contributed by atoms with Gasteiger partial charge in [0.1, 0.15) is 6.33 Å². The second-order valence-corrected chi connectivity index (χ2v) is 6.30. The Labute approximate surface area is 172 Å². The van der Waals surface area contributed by atoms with Crippen molar-refractivity contribution in [2.24, 2.45) is 11.5 Å². The number of amides is 1. The minimum absolute atomic E-state index is 0. The number of nitrogens with zero attached hydrogens (tertiary/aromatic N) is 3. The van der Waals surface area contributed by atoms with Crippen molar-refractivity contribution >= 4 is 18.3 Å². The van der Waals surface area contributed by atoms with E-state index < -0.39 is 0 Å². The topological polar surface area (TPSA) is 109 Å². The van der Waals surface area contributed by atoms with Gasteiger partial charge in [0.2, 0.25) is 5.91 Å². The second-order valence-electron chi connectivity index (χ2n) is 6.30. The Bertz CT molecular complexity index is 1070. The van der Waals surface area contributed by atoms with Gasteiger partial charge in [0.15, 0.2) is 0 Å². The molecule has 3 aromatic rings. The lowest BCUT2D eigenvalue weighted by molar-refractivity contribution is -0.117. The molecule has 4 N–H and O–H groups in total. The molecule has 0 unspecified atom stereocenters. The molecule has 9 heteroatoms. The number of carbonyl (C=O) groups excluding carboxylic acids is 1. The molecule has 1 aromatic heterocycles. The van der Waals surface area contributed by atoms with Crippen LogP contribution in [0.15, 0.2) is 71.6 Å². The Hall–Kier alpha value is -3.23. The van der Waals surface area contributed by atoms with Crippen LogP contribution in [-0.2, 0) is 17.8 Å². The van der Waals surface area contributed by atoms with E-state index in [1.165, 1.54) is 10.9 Å². The van der Waals surface area contributed by atoms with Crippen LogP contribution in [0, 0.1) is 0 Å². The molecule has 152 valence electrons. The highest BCUT2D eigenvalue weighted by molar-refractivity contribution is 5.85. The first kappa shape index (κ1) is 22.1. The first-order valence-electron chi connectivity index (χ1n) is 8.62. The second kappa shape index (κ2) is 9.81. The number of hydrogen-bond donors (Lipinski definition) is 2. The fraction of sp³-hybridized carbons (Fsp3) is 0.150. The zero-order valence-corrected chi connectivity index (χ0v) is 16.3. The molecule has 0 aliphatic carbocycles. The lowest BCUT2D eigenvalue weighted by Gasteiger charge is -2.07. The van der Waals surface area contributed by atoms with E-state index >= 15 is 0 Å². The molecule has 1 heterocycles. The summed E-state index contributed by atoms with van der Waals surface area (Å²) in [4.78, 5) is 23.6. The van der Waals surface area contributed by atoms with Crippen molar-refractivity contribution < 1.29 is 9.18 Å². The molecule has 0 aliphatic heterocycles. The van der Waals surface area contributed by atoms with Crippen LogP contribution in [0.5, 0.6) is 0 Å². The summed E-state index contributed by atoms with van der Waals surface area (Å²) >= 11 is 0.